The van der Waals surface area contributed by atoms with Crippen molar-refractivity contribution in [3.63, 3.8) is 0 Å². The van der Waals surface area contributed by atoms with Crippen LogP contribution in [0.15, 0.2) is 16.7 Å². The minimum Gasteiger partial charge on any atom is -0.338 e. The molecule has 0 spiro atoms. The Morgan fingerprint density at radius 3 is 1.77 bits per heavy atom. The first-order valence-electron chi connectivity index (χ1n) is 16.9. The number of aryl methyl sites for hydroxylation is 1. The SMILES string of the molecule is CC(C)(C)c1cc(NC(=O)C(C)(C)S(=O)(=O)C2CCCCC2)on1.Cn1nc(C(C)(C)C)cc1NC(=O)C(C)(C)S(=O)(=O)CC1CCC1. The van der Waals surface area contributed by atoms with Crippen molar-refractivity contribution in [2.75, 3.05) is 16.4 Å². The Morgan fingerprint density at radius 1 is 0.771 bits per heavy atom. The van der Waals surface area contributed by atoms with E-state index in [1.807, 2.05) is 41.5 Å². The molecule has 0 aliphatic heterocycles. The lowest BCUT2D eigenvalue weighted by molar-refractivity contribution is -0.118. The van der Waals surface area contributed by atoms with Crippen LogP contribution < -0.4 is 10.6 Å². The number of hydrogen-bond acceptors (Lipinski definition) is 9. The lowest BCUT2D eigenvalue weighted by atomic mass is 9.87. The van der Waals surface area contributed by atoms with E-state index in [1.165, 1.54) is 27.7 Å². The quantitative estimate of drug-likeness (QED) is 0.313. The molecule has 2 aromatic heterocycles. The zero-order valence-electron chi connectivity index (χ0n) is 30.7. The number of anilines is 2. The minimum absolute atomic E-state index is 0.0893. The van der Waals surface area contributed by atoms with Crippen molar-refractivity contribution in [2.45, 2.75) is 146 Å². The van der Waals surface area contributed by atoms with E-state index in [0.29, 0.717) is 24.4 Å². The molecule has 272 valence electrons. The van der Waals surface area contributed by atoms with Crippen molar-refractivity contribution in [1.82, 2.24) is 14.9 Å². The van der Waals surface area contributed by atoms with Gasteiger partial charge in [0.25, 0.3) is 0 Å². The average molecular weight is 712 g/mol. The van der Waals surface area contributed by atoms with Gasteiger partial charge in [0.1, 0.15) is 15.3 Å². The highest BCUT2D eigenvalue weighted by Gasteiger charge is 2.47. The Bertz CT molecular complexity index is 1660. The van der Waals surface area contributed by atoms with Crippen molar-refractivity contribution >= 4 is 43.2 Å². The van der Waals surface area contributed by atoms with E-state index in [9.17, 15) is 26.4 Å². The van der Waals surface area contributed by atoms with Crippen LogP contribution in [-0.2, 0) is 47.1 Å². The Balaban J connectivity index is 0.000000260. The molecule has 2 N–H and O–H groups in total. The molecule has 12 nitrogen and oxygen atoms in total. The number of aromatic nitrogens is 3. The molecule has 4 rings (SSSR count). The highest BCUT2D eigenvalue weighted by atomic mass is 32.2. The Labute approximate surface area is 287 Å². The van der Waals surface area contributed by atoms with Crippen LogP contribution in [0, 0.1) is 5.92 Å². The summed E-state index contributed by atoms with van der Waals surface area (Å²) >= 11 is 0. The third-order valence-electron chi connectivity index (χ3n) is 9.66. The predicted octanol–water partition coefficient (Wildman–Crippen LogP) is 6.09. The molecule has 2 heterocycles. The topological polar surface area (TPSA) is 170 Å². The van der Waals surface area contributed by atoms with Gasteiger partial charge in [-0.3, -0.25) is 19.6 Å². The van der Waals surface area contributed by atoms with Crippen LogP contribution in [-0.4, -0.2) is 64.1 Å². The van der Waals surface area contributed by atoms with Gasteiger partial charge in [-0.2, -0.15) is 5.10 Å². The van der Waals surface area contributed by atoms with Crippen LogP contribution in [0.5, 0.6) is 0 Å². The van der Waals surface area contributed by atoms with Crippen molar-refractivity contribution < 1.29 is 30.9 Å². The van der Waals surface area contributed by atoms with Gasteiger partial charge in [-0.05, 0) is 59.3 Å². The molecule has 0 saturated heterocycles. The summed E-state index contributed by atoms with van der Waals surface area (Å²) in [4.78, 5) is 25.3. The maximum absolute atomic E-state index is 12.9. The van der Waals surface area contributed by atoms with E-state index >= 15 is 0 Å². The summed E-state index contributed by atoms with van der Waals surface area (Å²) in [7, 11) is -5.36. The summed E-state index contributed by atoms with van der Waals surface area (Å²) < 4.78 is 54.8. The number of rotatable bonds is 9. The fourth-order valence-electron chi connectivity index (χ4n) is 5.41. The molecule has 2 fully saturated rings. The number of carbonyl (C=O) groups is 2. The molecule has 48 heavy (non-hydrogen) atoms. The van der Waals surface area contributed by atoms with E-state index in [-0.39, 0.29) is 28.4 Å². The molecular formula is C34H57N5O7S2. The van der Waals surface area contributed by atoms with Crippen molar-refractivity contribution in [1.29, 1.82) is 0 Å². The van der Waals surface area contributed by atoms with E-state index in [1.54, 1.807) is 23.9 Å². The molecule has 2 saturated carbocycles. The first-order valence-corrected chi connectivity index (χ1v) is 20.1. The summed E-state index contributed by atoms with van der Waals surface area (Å²) in [6.07, 6.45) is 7.09. The number of nitrogens with one attached hydrogen (secondary N) is 2. The summed E-state index contributed by atoms with van der Waals surface area (Å²) in [5, 5.41) is 13.2. The molecule has 0 unspecified atom stereocenters. The van der Waals surface area contributed by atoms with Crippen molar-refractivity contribution in [3.05, 3.63) is 23.5 Å². The number of sulfone groups is 2. The Kier molecular flexibility index (Phi) is 11.8. The maximum Gasteiger partial charge on any atom is 0.247 e. The van der Waals surface area contributed by atoms with Crippen LogP contribution in [0.4, 0.5) is 11.7 Å². The molecule has 2 aliphatic rings. The molecule has 2 amide bonds. The third kappa shape index (κ3) is 8.88. The fourth-order valence-corrected chi connectivity index (χ4v) is 9.21. The molecule has 2 aliphatic carbocycles. The number of carbonyl (C=O) groups excluding carboxylic acids is 2. The molecule has 2 aromatic rings. The minimum atomic E-state index is -3.58. The van der Waals surface area contributed by atoms with Gasteiger partial charge in [-0.1, -0.05) is 72.4 Å². The first-order chi connectivity index (χ1) is 21.8. The largest absolute Gasteiger partial charge is 0.338 e. The molecule has 14 heteroatoms. The zero-order chi connectivity index (χ0) is 36.5. The lowest BCUT2D eigenvalue weighted by Crippen LogP contribution is -2.49. The second-order valence-corrected chi connectivity index (χ2v) is 21.8. The predicted molar refractivity (Wildman–Crippen MR) is 189 cm³/mol. The normalized spacial score (nSPS) is 17.2. The summed E-state index contributed by atoms with van der Waals surface area (Å²) in [5.74, 6) is -0.110. The van der Waals surface area contributed by atoms with Gasteiger partial charge in [-0.25, -0.2) is 16.8 Å². The third-order valence-corrected chi connectivity index (χ3v) is 15.3. The molecule has 0 aromatic carbocycles. The van der Waals surface area contributed by atoms with Crippen LogP contribution in [0.3, 0.4) is 0 Å². The number of nitrogens with zero attached hydrogens (tertiary/aromatic N) is 3. The summed E-state index contributed by atoms with van der Waals surface area (Å²) in [5.41, 5.74) is 1.18. The average Bonchev–Trinajstić information content (AvgIpc) is 3.58. The Morgan fingerprint density at radius 2 is 1.31 bits per heavy atom. The monoisotopic (exact) mass is 711 g/mol. The van der Waals surface area contributed by atoms with E-state index in [0.717, 1.165) is 44.2 Å². The first kappa shape index (κ1) is 39.7. The van der Waals surface area contributed by atoms with Gasteiger partial charge in [0.05, 0.1) is 22.4 Å². The molecule has 0 atom stereocenters. The molecular weight excluding hydrogens is 655 g/mol. The van der Waals surface area contributed by atoms with E-state index in [2.05, 4.69) is 20.9 Å². The standard InChI is InChI=1S/C17H29N3O3S.C17H28N2O4S/c1-16(2,3)13-10-14(20(6)19-13)18-15(21)17(4,5)24(22,23)11-12-8-7-9-12;1-16(2,3)13-11-14(23-19-13)18-15(20)17(4,5)24(21,22)12-9-7-6-8-10-12/h10,12H,7-9,11H2,1-6H3,(H,18,21);11-12H,6-10H2,1-5H3,(H,18,20). The number of hydrogen-bond donors (Lipinski definition) is 2. The second-order valence-electron chi connectivity index (χ2n) is 16.4. The van der Waals surface area contributed by atoms with E-state index in [4.69, 9.17) is 4.52 Å². The van der Waals surface area contributed by atoms with Gasteiger partial charge in [0.15, 0.2) is 19.7 Å². The van der Waals surface area contributed by atoms with E-state index < -0.39 is 46.2 Å². The highest BCUT2D eigenvalue weighted by molar-refractivity contribution is 7.94. The van der Waals surface area contributed by atoms with Crippen molar-refractivity contribution in [3.8, 4) is 0 Å². The summed E-state index contributed by atoms with van der Waals surface area (Å²) in [6.45, 7) is 17.9. The molecule has 0 radical (unpaired) electrons. The number of amides is 2. The zero-order valence-corrected chi connectivity index (χ0v) is 32.3. The summed E-state index contributed by atoms with van der Waals surface area (Å²) in [6, 6.07) is 3.44. The maximum atomic E-state index is 12.9. The van der Waals surface area contributed by atoms with Gasteiger partial charge in [-0.15, -0.1) is 0 Å². The van der Waals surface area contributed by atoms with Crippen LogP contribution in [0.2, 0.25) is 0 Å². The fraction of sp³-hybridized carbons (Fsp3) is 0.765. The van der Waals surface area contributed by atoms with Crippen molar-refractivity contribution in [2.24, 2.45) is 13.0 Å². The van der Waals surface area contributed by atoms with Gasteiger partial charge < -0.3 is 9.84 Å². The van der Waals surface area contributed by atoms with Gasteiger partial charge >= 0.3 is 0 Å². The molecule has 0 bridgehead atoms. The highest BCUT2D eigenvalue weighted by Crippen LogP contribution is 2.34. The smallest absolute Gasteiger partial charge is 0.247 e. The van der Waals surface area contributed by atoms with Gasteiger partial charge in [0.2, 0.25) is 17.7 Å². The Hall–Kier alpha value is -2.74. The van der Waals surface area contributed by atoms with Crippen LogP contribution in [0.1, 0.15) is 132 Å². The lowest BCUT2D eigenvalue weighted by Gasteiger charge is -2.30. The van der Waals surface area contributed by atoms with Crippen LogP contribution >= 0.6 is 0 Å². The second kappa shape index (κ2) is 14.2. The van der Waals surface area contributed by atoms with Crippen LogP contribution in [0.25, 0.3) is 0 Å². The van der Waals surface area contributed by atoms with Gasteiger partial charge in [0, 0.05) is 30.0 Å².